The second-order valence-corrected chi connectivity index (χ2v) is 5.85. The molecule has 0 unspecified atom stereocenters. The van der Waals surface area contributed by atoms with Gasteiger partial charge in [0.2, 0.25) is 5.88 Å². The lowest BCUT2D eigenvalue weighted by atomic mass is 10.2. The number of H-pyrrole nitrogens is 1. The number of hydrogen-bond acceptors (Lipinski definition) is 6. The number of pyridine rings is 1. The highest BCUT2D eigenvalue weighted by Gasteiger charge is 2.21. The zero-order valence-electron chi connectivity index (χ0n) is 14.3. The van der Waals surface area contributed by atoms with E-state index >= 15 is 0 Å². The molecular formula is C18H17N5O3. The highest BCUT2D eigenvalue weighted by Crippen LogP contribution is 2.37. The number of benzene rings is 1. The molecule has 0 bridgehead atoms. The van der Waals surface area contributed by atoms with Gasteiger partial charge in [-0.1, -0.05) is 6.07 Å². The molecule has 0 spiro atoms. The van der Waals surface area contributed by atoms with Gasteiger partial charge in [-0.25, -0.2) is 9.97 Å². The average Bonchev–Trinajstić information content (AvgIpc) is 3.20. The Balaban J connectivity index is 1.81. The van der Waals surface area contributed by atoms with Crippen LogP contribution in [0.1, 0.15) is 5.56 Å². The smallest absolute Gasteiger partial charge is 0.212 e. The monoisotopic (exact) mass is 351 g/mol. The van der Waals surface area contributed by atoms with Crippen LogP contribution in [0, 0.1) is 0 Å². The molecule has 8 nitrogen and oxygen atoms in total. The lowest BCUT2D eigenvalue weighted by Gasteiger charge is -2.00. The van der Waals surface area contributed by atoms with Crippen molar-refractivity contribution in [3.63, 3.8) is 0 Å². The summed E-state index contributed by atoms with van der Waals surface area (Å²) in [5.74, 6) is 0.998. The van der Waals surface area contributed by atoms with Gasteiger partial charge in [0.05, 0.1) is 24.8 Å². The Morgan fingerprint density at radius 2 is 2.08 bits per heavy atom. The van der Waals surface area contributed by atoms with Gasteiger partial charge in [-0.2, -0.15) is 5.10 Å². The van der Waals surface area contributed by atoms with E-state index in [1.807, 2.05) is 18.2 Å². The molecule has 26 heavy (non-hydrogen) atoms. The minimum Gasteiger partial charge on any atom is -0.504 e. The van der Waals surface area contributed by atoms with Crippen molar-refractivity contribution < 1.29 is 14.9 Å². The fourth-order valence-corrected chi connectivity index (χ4v) is 2.88. The summed E-state index contributed by atoms with van der Waals surface area (Å²) in [6.07, 6.45) is 1.59. The summed E-state index contributed by atoms with van der Waals surface area (Å²) in [5.41, 5.74) is 3.85. The van der Waals surface area contributed by atoms with E-state index in [1.54, 1.807) is 37.2 Å². The van der Waals surface area contributed by atoms with E-state index < -0.39 is 0 Å². The fourth-order valence-electron chi connectivity index (χ4n) is 2.88. The summed E-state index contributed by atoms with van der Waals surface area (Å²) >= 11 is 0. The van der Waals surface area contributed by atoms with Gasteiger partial charge in [0.15, 0.2) is 11.6 Å². The summed E-state index contributed by atoms with van der Waals surface area (Å²) < 4.78 is 6.62. The zero-order chi connectivity index (χ0) is 18.3. The van der Waals surface area contributed by atoms with E-state index in [2.05, 4.69) is 20.1 Å². The first-order valence-corrected chi connectivity index (χ1v) is 7.97. The molecular weight excluding hydrogens is 334 g/mol. The van der Waals surface area contributed by atoms with Gasteiger partial charge in [-0.05, 0) is 23.8 Å². The molecule has 8 heteroatoms. The first-order valence-electron chi connectivity index (χ1n) is 7.97. The maximum absolute atomic E-state index is 10.7. The molecule has 132 valence electrons. The highest BCUT2D eigenvalue weighted by molar-refractivity contribution is 5.82. The van der Waals surface area contributed by atoms with Gasteiger partial charge >= 0.3 is 0 Å². The van der Waals surface area contributed by atoms with Crippen LogP contribution in [0.15, 0.2) is 36.5 Å². The molecule has 0 atom stereocenters. The molecule has 3 aromatic heterocycles. The topological polar surface area (TPSA) is 109 Å². The van der Waals surface area contributed by atoms with Crippen LogP contribution in [-0.2, 0) is 13.7 Å². The number of aliphatic hydroxyl groups is 1. The van der Waals surface area contributed by atoms with Crippen LogP contribution in [0.2, 0.25) is 0 Å². The molecule has 4 rings (SSSR count). The molecule has 0 fully saturated rings. The number of rotatable bonds is 4. The molecule has 0 aliphatic carbocycles. The van der Waals surface area contributed by atoms with Gasteiger partial charge in [-0.3, -0.25) is 4.68 Å². The molecule has 0 amide bonds. The number of aliphatic hydroxyl groups excluding tert-OH is 1. The predicted octanol–water partition coefficient (Wildman–Crippen LogP) is 2.23. The lowest BCUT2D eigenvalue weighted by Crippen LogP contribution is -1.95. The number of aromatic hydroxyl groups is 1. The Bertz CT molecular complexity index is 1080. The first kappa shape index (κ1) is 16.1. The van der Waals surface area contributed by atoms with E-state index in [-0.39, 0.29) is 12.4 Å². The first-order chi connectivity index (χ1) is 12.6. The third kappa shape index (κ3) is 2.56. The Morgan fingerprint density at radius 1 is 1.23 bits per heavy atom. The molecule has 0 aliphatic heterocycles. The van der Waals surface area contributed by atoms with E-state index in [9.17, 15) is 10.2 Å². The summed E-state index contributed by atoms with van der Waals surface area (Å²) in [6.45, 7) is -0.0458. The van der Waals surface area contributed by atoms with Crippen molar-refractivity contribution >= 4 is 11.0 Å². The number of aromatic amines is 1. The van der Waals surface area contributed by atoms with Gasteiger partial charge in [-0.15, -0.1) is 0 Å². The van der Waals surface area contributed by atoms with E-state index in [0.717, 1.165) is 16.6 Å². The van der Waals surface area contributed by atoms with Crippen molar-refractivity contribution in [2.45, 2.75) is 6.61 Å². The number of aryl methyl sites for hydroxylation is 1. The quantitative estimate of drug-likeness (QED) is 0.520. The van der Waals surface area contributed by atoms with Crippen LogP contribution in [0.25, 0.3) is 33.8 Å². The van der Waals surface area contributed by atoms with Crippen LogP contribution in [-0.4, -0.2) is 42.1 Å². The molecule has 3 N–H and O–H groups in total. The number of hydrogen-bond donors (Lipinski definition) is 3. The van der Waals surface area contributed by atoms with Crippen molar-refractivity contribution in [1.82, 2.24) is 24.7 Å². The van der Waals surface area contributed by atoms with Gasteiger partial charge < -0.3 is 19.9 Å². The zero-order valence-corrected chi connectivity index (χ0v) is 14.3. The van der Waals surface area contributed by atoms with Crippen LogP contribution >= 0.6 is 0 Å². The largest absolute Gasteiger partial charge is 0.504 e. The number of ether oxygens (including phenoxy) is 1. The standard InChI is InChI=1S/C18H17N5O3/c1-23-16(18-20-12-5-3-10(9-24)7-13(12)21-18)17(25)15(22-23)11-4-6-14(26-2)19-8-11/h3-8,24-25H,9H2,1-2H3,(H,20,21). The van der Waals surface area contributed by atoms with Crippen LogP contribution in [0.3, 0.4) is 0 Å². The lowest BCUT2D eigenvalue weighted by molar-refractivity contribution is 0.282. The van der Waals surface area contributed by atoms with Crippen molar-refractivity contribution in [3.05, 3.63) is 42.1 Å². The summed E-state index contributed by atoms with van der Waals surface area (Å²) in [5, 5.41) is 24.4. The Kier molecular flexibility index (Phi) is 3.81. The molecule has 3 heterocycles. The number of fused-ring (bicyclic) bond motifs is 1. The number of aromatic nitrogens is 5. The Morgan fingerprint density at radius 3 is 2.77 bits per heavy atom. The third-order valence-electron chi connectivity index (χ3n) is 4.19. The van der Waals surface area contributed by atoms with E-state index in [4.69, 9.17) is 4.74 Å². The van der Waals surface area contributed by atoms with Gasteiger partial charge in [0, 0.05) is 24.9 Å². The maximum atomic E-state index is 10.7. The summed E-state index contributed by atoms with van der Waals surface area (Å²) in [7, 11) is 3.28. The van der Waals surface area contributed by atoms with Crippen LogP contribution in [0.4, 0.5) is 0 Å². The SMILES string of the molecule is COc1ccc(-c2nn(C)c(-c3nc4ccc(CO)cc4[nH]3)c2O)cn1. The van der Waals surface area contributed by atoms with E-state index in [1.165, 1.54) is 0 Å². The maximum Gasteiger partial charge on any atom is 0.212 e. The van der Waals surface area contributed by atoms with Gasteiger partial charge in [0.25, 0.3) is 0 Å². The molecule has 0 aliphatic rings. The van der Waals surface area contributed by atoms with E-state index in [0.29, 0.717) is 28.7 Å². The Hall–Kier alpha value is -3.39. The van der Waals surface area contributed by atoms with Crippen molar-refractivity contribution in [1.29, 1.82) is 0 Å². The normalized spacial score (nSPS) is 11.2. The van der Waals surface area contributed by atoms with Crippen LogP contribution in [0.5, 0.6) is 11.6 Å². The second kappa shape index (κ2) is 6.16. The molecule has 4 aromatic rings. The fraction of sp³-hybridized carbons (Fsp3) is 0.167. The number of nitrogens with zero attached hydrogens (tertiary/aromatic N) is 4. The minimum atomic E-state index is -0.0458. The number of methoxy groups -OCH3 is 1. The number of nitrogens with one attached hydrogen (secondary N) is 1. The third-order valence-corrected chi connectivity index (χ3v) is 4.19. The van der Waals surface area contributed by atoms with Crippen LogP contribution < -0.4 is 4.74 Å². The summed E-state index contributed by atoms with van der Waals surface area (Å²) in [4.78, 5) is 11.8. The minimum absolute atomic E-state index is 0.0147. The van der Waals surface area contributed by atoms with Crippen molar-refractivity contribution in [2.75, 3.05) is 7.11 Å². The van der Waals surface area contributed by atoms with Crippen molar-refractivity contribution in [2.24, 2.45) is 7.05 Å². The molecule has 0 saturated heterocycles. The molecule has 0 saturated carbocycles. The van der Waals surface area contributed by atoms with Crippen molar-refractivity contribution in [3.8, 4) is 34.4 Å². The highest BCUT2D eigenvalue weighted by atomic mass is 16.5. The number of imidazole rings is 1. The predicted molar refractivity (Wildman–Crippen MR) is 95.7 cm³/mol. The average molecular weight is 351 g/mol. The molecule has 1 aromatic carbocycles. The Labute approximate surface area is 148 Å². The second-order valence-electron chi connectivity index (χ2n) is 5.85. The molecule has 0 radical (unpaired) electrons. The summed E-state index contributed by atoms with van der Waals surface area (Å²) in [6, 6.07) is 8.95. The van der Waals surface area contributed by atoms with Gasteiger partial charge in [0.1, 0.15) is 11.4 Å².